The lowest BCUT2D eigenvalue weighted by Gasteiger charge is -2.40. The fraction of sp³-hybridized carbons (Fsp3) is 1.00. The van der Waals surface area contributed by atoms with Gasteiger partial charge in [0, 0.05) is 25.3 Å². The molecule has 0 saturated heterocycles. The molecular weight excluding hydrogens is 176 g/mol. The molecular formula is C11H26N2O. The third-order valence-electron chi connectivity index (χ3n) is 3.20. The molecule has 0 aliphatic carbocycles. The Labute approximate surface area is 88.8 Å². The first kappa shape index (κ1) is 13.9. The third kappa shape index (κ3) is 3.95. The van der Waals surface area contributed by atoms with Crippen LogP contribution in [0.2, 0.25) is 0 Å². The summed E-state index contributed by atoms with van der Waals surface area (Å²) >= 11 is 0. The second-order valence-electron chi connectivity index (χ2n) is 4.52. The molecule has 0 radical (unpaired) electrons. The van der Waals surface area contributed by atoms with Crippen LogP contribution in [0, 0.1) is 0 Å². The maximum atomic E-state index is 5.07. The van der Waals surface area contributed by atoms with Crippen molar-refractivity contribution in [2.45, 2.75) is 38.3 Å². The lowest BCUT2D eigenvalue weighted by atomic mass is 9.90. The van der Waals surface area contributed by atoms with Gasteiger partial charge in [0.25, 0.3) is 0 Å². The molecule has 0 amide bonds. The van der Waals surface area contributed by atoms with Crippen LogP contribution in [0.4, 0.5) is 0 Å². The van der Waals surface area contributed by atoms with E-state index in [-0.39, 0.29) is 5.54 Å². The number of nitrogens with zero attached hydrogens (tertiary/aromatic N) is 1. The van der Waals surface area contributed by atoms with E-state index < -0.39 is 0 Å². The monoisotopic (exact) mass is 202 g/mol. The maximum Gasteiger partial charge on any atom is 0.0462 e. The average Bonchev–Trinajstić information content (AvgIpc) is 2.12. The summed E-state index contributed by atoms with van der Waals surface area (Å²) in [7, 11) is 8.04. The van der Waals surface area contributed by atoms with Crippen molar-refractivity contribution in [3.8, 4) is 0 Å². The summed E-state index contributed by atoms with van der Waals surface area (Å²) in [6.07, 6.45) is 2.26. The zero-order valence-electron chi connectivity index (χ0n) is 10.6. The van der Waals surface area contributed by atoms with Crippen LogP contribution in [0.25, 0.3) is 0 Å². The Hall–Kier alpha value is -0.120. The standard InChI is InChI=1S/C11H26N2O/c1-11(2,13(4)5)10(12-3)8-7-9-14-6/h10,12H,7-9H2,1-6H3. The fourth-order valence-corrected chi connectivity index (χ4v) is 1.59. The molecule has 1 unspecified atom stereocenters. The molecule has 0 bridgehead atoms. The molecule has 0 saturated carbocycles. The summed E-state index contributed by atoms with van der Waals surface area (Å²) in [5, 5.41) is 3.39. The van der Waals surface area contributed by atoms with Crippen molar-refractivity contribution in [3.05, 3.63) is 0 Å². The Morgan fingerprint density at radius 1 is 1.36 bits per heavy atom. The van der Waals surface area contributed by atoms with Gasteiger partial charge in [-0.15, -0.1) is 0 Å². The molecule has 3 heteroatoms. The third-order valence-corrected chi connectivity index (χ3v) is 3.20. The molecule has 3 nitrogen and oxygen atoms in total. The molecule has 0 fully saturated rings. The van der Waals surface area contributed by atoms with Gasteiger partial charge in [-0.3, -0.25) is 0 Å². The molecule has 0 rings (SSSR count). The number of likely N-dealkylation sites (N-methyl/N-ethyl adjacent to an activating group) is 2. The Balaban J connectivity index is 4.11. The molecule has 86 valence electrons. The van der Waals surface area contributed by atoms with E-state index in [4.69, 9.17) is 4.74 Å². The number of ether oxygens (including phenoxy) is 1. The Kier molecular flexibility index (Phi) is 6.33. The van der Waals surface area contributed by atoms with E-state index in [0.29, 0.717) is 6.04 Å². The second kappa shape index (κ2) is 6.38. The van der Waals surface area contributed by atoms with Crippen molar-refractivity contribution in [3.63, 3.8) is 0 Å². The normalized spacial score (nSPS) is 14.8. The second-order valence-corrected chi connectivity index (χ2v) is 4.52. The summed E-state index contributed by atoms with van der Waals surface area (Å²) < 4.78 is 5.07. The topological polar surface area (TPSA) is 24.5 Å². The van der Waals surface area contributed by atoms with Crippen LogP contribution in [0.5, 0.6) is 0 Å². The van der Waals surface area contributed by atoms with Gasteiger partial charge in [-0.25, -0.2) is 0 Å². The van der Waals surface area contributed by atoms with E-state index in [1.54, 1.807) is 7.11 Å². The Bertz CT molecular complexity index is 146. The van der Waals surface area contributed by atoms with E-state index in [1.165, 1.54) is 0 Å². The summed E-state index contributed by atoms with van der Waals surface area (Å²) in [6, 6.07) is 0.507. The zero-order chi connectivity index (χ0) is 11.2. The van der Waals surface area contributed by atoms with Crippen molar-refractivity contribution in [2.75, 3.05) is 34.9 Å². The van der Waals surface area contributed by atoms with Crippen molar-refractivity contribution in [1.82, 2.24) is 10.2 Å². The predicted molar refractivity (Wildman–Crippen MR) is 61.7 cm³/mol. The molecule has 14 heavy (non-hydrogen) atoms. The fourth-order valence-electron chi connectivity index (χ4n) is 1.59. The van der Waals surface area contributed by atoms with Gasteiger partial charge in [-0.05, 0) is 47.8 Å². The lowest BCUT2D eigenvalue weighted by molar-refractivity contribution is 0.124. The smallest absolute Gasteiger partial charge is 0.0462 e. The number of methoxy groups -OCH3 is 1. The minimum atomic E-state index is 0.183. The van der Waals surface area contributed by atoms with E-state index in [2.05, 4.69) is 38.2 Å². The molecule has 0 aromatic rings. The summed E-state index contributed by atoms with van der Waals surface area (Å²) in [6.45, 7) is 5.38. The van der Waals surface area contributed by atoms with E-state index in [1.807, 2.05) is 7.05 Å². The first-order valence-corrected chi connectivity index (χ1v) is 5.30. The van der Waals surface area contributed by atoms with Crippen LogP contribution in [0.1, 0.15) is 26.7 Å². The van der Waals surface area contributed by atoms with Crippen LogP contribution in [0.3, 0.4) is 0 Å². The summed E-state index contributed by atoms with van der Waals surface area (Å²) in [5.74, 6) is 0. The van der Waals surface area contributed by atoms with Crippen LogP contribution in [-0.4, -0.2) is 51.3 Å². The van der Waals surface area contributed by atoms with Crippen LogP contribution in [-0.2, 0) is 4.74 Å². The first-order chi connectivity index (χ1) is 6.46. The van der Waals surface area contributed by atoms with Gasteiger partial charge in [0.05, 0.1) is 0 Å². The highest BCUT2D eigenvalue weighted by Crippen LogP contribution is 2.19. The van der Waals surface area contributed by atoms with Gasteiger partial charge in [0.2, 0.25) is 0 Å². The summed E-state index contributed by atoms with van der Waals surface area (Å²) in [5.41, 5.74) is 0.183. The van der Waals surface area contributed by atoms with Gasteiger partial charge in [0.1, 0.15) is 0 Å². The minimum absolute atomic E-state index is 0.183. The number of hydrogen-bond donors (Lipinski definition) is 1. The quantitative estimate of drug-likeness (QED) is 0.631. The first-order valence-electron chi connectivity index (χ1n) is 5.30. The molecule has 0 aromatic heterocycles. The number of nitrogens with one attached hydrogen (secondary N) is 1. The molecule has 0 spiro atoms. The molecule has 0 aromatic carbocycles. The van der Waals surface area contributed by atoms with Gasteiger partial charge in [-0.2, -0.15) is 0 Å². The highest BCUT2D eigenvalue weighted by Gasteiger charge is 2.29. The highest BCUT2D eigenvalue weighted by atomic mass is 16.5. The van der Waals surface area contributed by atoms with E-state index >= 15 is 0 Å². The van der Waals surface area contributed by atoms with Gasteiger partial charge in [0.15, 0.2) is 0 Å². The van der Waals surface area contributed by atoms with Crippen LogP contribution < -0.4 is 5.32 Å². The molecule has 0 aliphatic heterocycles. The Morgan fingerprint density at radius 2 is 1.93 bits per heavy atom. The number of hydrogen-bond acceptors (Lipinski definition) is 3. The number of rotatable bonds is 7. The van der Waals surface area contributed by atoms with Gasteiger partial charge >= 0.3 is 0 Å². The van der Waals surface area contributed by atoms with Gasteiger partial charge < -0.3 is 15.0 Å². The molecule has 0 heterocycles. The molecule has 1 atom stereocenters. The van der Waals surface area contributed by atoms with Crippen molar-refractivity contribution in [2.24, 2.45) is 0 Å². The average molecular weight is 202 g/mol. The molecule has 1 N–H and O–H groups in total. The van der Waals surface area contributed by atoms with Crippen LogP contribution in [0.15, 0.2) is 0 Å². The Morgan fingerprint density at radius 3 is 2.29 bits per heavy atom. The largest absolute Gasteiger partial charge is 0.385 e. The highest BCUT2D eigenvalue weighted by molar-refractivity contribution is 4.90. The predicted octanol–water partition coefficient (Wildman–Crippen LogP) is 1.34. The van der Waals surface area contributed by atoms with Crippen LogP contribution >= 0.6 is 0 Å². The zero-order valence-corrected chi connectivity index (χ0v) is 10.6. The SMILES string of the molecule is CNC(CCCOC)C(C)(C)N(C)C. The van der Waals surface area contributed by atoms with Crippen molar-refractivity contribution < 1.29 is 4.74 Å². The van der Waals surface area contributed by atoms with Gasteiger partial charge in [-0.1, -0.05) is 0 Å². The maximum absolute atomic E-state index is 5.07. The minimum Gasteiger partial charge on any atom is -0.385 e. The lowest BCUT2D eigenvalue weighted by Crippen LogP contribution is -2.54. The van der Waals surface area contributed by atoms with Crippen molar-refractivity contribution in [1.29, 1.82) is 0 Å². The van der Waals surface area contributed by atoms with Crippen molar-refractivity contribution >= 4 is 0 Å². The van der Waals surface area contributed by atoms with E-state index in [9.17, 15) is 0 Å². The molecule has 0 aliphatic rings. The van der Waals surface area contributed by atoms with E-state index in [0.717, 1.165) is 19.4 Å². The summed E-state index contributed by atoms with van der Waals surface area (Å²) in [4.78, 5) is 2.26.